The predicted molar refractivity (Wildman–Crippen MR) is 63.7 cm³/mol. The second-order valence-electron chi connectivity index (χ2n) is 4.75. The molecule has 0 bridgehead atoms. The molecule has 0 radical (unpaired) electrons. The molecule has 0 heterocycles. The summed E-state index contributed by atoms with van der Waals surface area (Å²) in [6.45, 7) is 4.00. The van der Waals surface area contributed by atoms with E-state index >= 15 is 0 Å². The summed E-state index contributed by atoms with van der Waals surface area (Å²) in [7, 11) is -3.16. The first-order chi connectivity index (χ1) is 7.35. The highest BCUT2D eigenvalue weighted by Crippen LogP contribution is 2.34. The second kappa shape index (κ2) is 4.72. The van der Waals surface area contributed by atoms with E-state index in [1.54, 1.807) is 0 Å². The Hall–Kier alpha value is -0.600. The van der Waals surface area contributed by atoms with Gasteiger partial charge in [0.15, 0.2) is 9.84 Å². The van der Waals surface area contributed by atoms with E-state index in [-0.39, 0.29) is 6.04 Å². The zero-order valence-electron chi connectivity index (χ0n) is 10.2. The van der Waals surface area contributed by atoms with E-state index < -0.39 is 20.6 Å². The van der Waals surface area contributed by atoms with Gasteiger partial charge in [-0.2, -0.15) is 5.26 Å². The highest BCUT2D eigenvalue weighted by molar-refractivity contribution is 7.91. The van der Waals surface area contributed by atoms with Crippen LogP contribution in [0.25, 0.3) is 0 Å². The van der Waals surface area contributed by atoms with Gasteiger partial charge >= 0.3 is 0 Å². The molecule has 0 amide bonds. The molecule has 1 aliphatic carbocycles. The van der Waals surface area contributed by atoms with Crippen molar-refractivity contribution in [2.75, 3.05) is 6.26 Å². The van der Waals surface area contributed by atoms with Gasteiger partial charge < -0.3 is 0 Å². The van der Waals surface area contributed by atoms with Crippen LogP contribution in [0.4, 0.5) is 0 Å². The average molecular weight is 244 g/mol. The van der Waals surface area contributed by atoms with Gasteiger partial charge in [-0.05, 0) is 32.6 Å². The van der Waals surface area contributed by atoms with E-state index in [1.807, 2.05) is 13.8 Å². The Morgan fingerprint density at radius 3 is 2.69 bits per heavy atom. The third-order valence-corrected chi connectivity index (χ3v) is 5.09. The third-order valence-electron chi connectivity index (χ3n) is 3.42. The molecular formula is C11H20N2O2S. The molecule has 1 N–H and O–H groups in total. The monoisotopic (exact) mass is 244 g/mol. The molecule has 1 saturated carbocycles. The molecule has 1 rings (SSSR count). The Bertz CT molecular complexity index is 385. The SMILES string of the molecule is CCC(C)NC1(C#N)CCCC1S(C)(=O)=O. The number of hydrogen-bond donors (Lipinski definition) is 1. The van der Waals surface area contributed by atoms with Crippen LogP contribution in [0.2, 0.25) is 0 Å². The van der Waals surface area contributed by atoms with Crippen molar-refractivity contribution in [3.63, 3.8) is 0 Å². The molecule has 1 aliphatic rings. The van der Waals surface area contributed by atoms with Crippen LogP contribution in [0.15, 0.2) is 0 Å². The maximum atomic E-state index is 11.7. The molecule has 3 atom stereocenters. The fraction of sp³-hybridized carbons (Fsp3) is 0.909. The molecule has 16 heavy (non-hydrogen) atoms. The Kier molecular flexibility index (Phi) is 3.97. The largest absolute Gasteiger partial charge is 0.296 e. The highest BCUT2D eigenvalue weighted by atomic mass is 32.2. The summed E-state index contributed by atoms with van der Waals surface area (Å²) in [4.78, 5) is 0. The summed E-state index contributed by atoms with van der Waals surface area (Å²) < 4.78 is 23.4. The van der Waals surface area contributed by atoms with Gasteiger partial charge in [0.2, 0.25) is 0 Å². The van der Waals surface area contributed by atoms with Gasteiger partial charge in [-0.1, -0.05) is 6.92 Å². The molecule has 4 nitrogen and oxygen atoms in total. The molecule has 5 heteroatoms. The van der Waals surface area contributed by atoms with E-state index in [4.69, 9.17) is 0 Å². The van der Waals surface area contributed by atoms with E-state index in [9.17, 15) is 13.7 Å². The van der Waals surface area contributed by atoms with Crippen molar-refractivity contribution >= 4 is 9.84 Å². The van der Waals surface area contributed by atoms with E-state index in [0.717, 1.165) is 12.8 Å². The maximum absolute atomic E-state index is 11.7. The van der Waals surface area contributed by atoms with Crippen molar-refractivity contribution in [2.45, 2.75) is 56.4 Å². The molecule has 0 aromatic carbocycles. The minimum Gasteiger partial charge on any atom is -0.296 e. The first kappa shape index (κ1) is 13.5. The van der Waals surface area contributed by atoms with Crippen molar-refractivity contribution in [1.82, 2.24) is 5.32 Å². The zero-order valence-corrected chi connectivity index (χ0v) is 11.0. The fourth-order valence-corrected chi connectivity index (χ4v) is 3.98. The quantitative estimate of drug-likeness (QED) is 0.807. The lowest BCUT2D eigenvalue weighted by atomic mass is 9.97. The van der Waals surface area contributed by atoms with E-state index in [1.165, 1.54) is 6.26 Å². The molecule has 0 spiro atoms. The van der Waals surface area contributed by atoms with Crippen LogP contribution >= 0.6 is 0 Å². The number of sulfone groups is 1. The zero-order chi connectivity index (χ0) is 12.4. The van der Waals surface area contributed by atoms with Crippen LogP contribution in [0.5, 0.6) is 0 Å². The second-order valence-corrected chi connectivity index (χ2v) is 6.98. The summed E-state index contributed by atoms with van der Waals surface area (Å²) in [5.74, 6) is 0. The average Bonchev–Trinajstić information content (AvgIpc) is 2.61. The number of nitrogens with zero attached hydrogens (tertiary/aromatic N) is 1. The molecule has 0 aliphatic heterocycles. The fourth-order valence-electron chi connectivity index (χ4n) is 2.42. The van der Waals surface area contributed by atoms with Gasteiger partial charge in [0, 0.05) is 12.3 Å². The van der Waals surface area contributed by atoms with Crippen LogP contribution in [0.3, 0.4) is 0 Å². The topological polar surface area (TPSA) is 70.0 Å². The standard InChI is InChI=1S/C11H20N2O2S/c1-4-9(2)13-11(8-12)7-5-6-10(11)16(3,14)15/h9-10,13H,4-7H2,1-3H3. The molecule has 1 fully saturated rings. The van der Waals surface area contributed by atoms with Crippen LogP contribution in [0.1, 0.15) is 39.5 Å². The van der Waals surface area contributed by atoms with Crippen LogP contribution in [-0.2, 0) is 9.84 Å². The van der Waals surface area contributed by atoms with Gasteiger partial charge in [-0.3, -0.25) is 5.32 Å². The summed E-state index contributed by atoms with van der Waals surface area (Å²) in [6, 6.07) is 2.38. The van der Waals surface area contributed by atoms with Crippen LogP contribution in [-0.4, -0.2) is 31.5 Å². The first-order valence-electron chi connectivity index (χ1n) is 5.73. The minimum absolute atomic E-state index is 0.169. The minimum atomic E-state index is -3.16. The van der Waals surface area contributed by atoms with Gasteiger partial charge in [0.1, 0.15) is 5.54 Å². The Morgan fingerprint density at radius 2 is 2.25 bits per heavy atom. The molecule has 0 aromatic rings. The molecule has 92 valence electrons. The summed E-state index contributed by atoms with van der Waals surface area (Å²) in [5, 5.41) is 12.0. The summed E-state index contributed by atoms with van der Waals surface area (Å²) in [5.41, 5.74) is -0.872. The van der Waals surface area contributed by atoms with Crippen LogP contribution in [0, 0.1) is 11.3 Å². The maximum Gasteiger partial charge on any atom is 0.153 e. The van der Waals surface area contributed by atoms with Gasteiger partial charge in [-0.15, -0.1) is 0 Å². The lowest BCUT2D eigenvalue weighted by molar-refractivity contribution is 0.365. The lowest BCUT2D eigenvalue weighted by Crippen LogP contribution is -2.55. The number of rotatable bonds is 4. The molecule has 0 aromatic heterocycles. The van der Waals surface area contributed by atoms with E-state index in [0.29, 0.717) is 12.8 Å². The Labute approximate surface area is 98.0 Å². The molecule has 3 unspecified atom stereocenters. The predicted octanol–water partition coefficient (Wildman–Crippen LogP) is 1.23. The Balaban J connectivity index is 2.99. The number of nitriles is 1. The van der Waals surface area contributed by atoms with Crippen molar-refractivity contribution < 1.29 is 8.42 Å². The lowest BCUT2D eigenvalue weighted by Gasteiger charge is -2.31. The molecular weight excluding hydrogens is 224 g/mol. The first-order valence-corrected chi connectivity index (χ1v) is 7.69. The third kappa shape index (κ3) is 2.55. The number of hydrogen-bond acceptors (Lipinski definition) is 4. The van der Waals surface area contributed by atoms with Crippen molar-refractivity contribution in [3.8, 4) is 6.07 Å². The van der Waals surface area contributed by atoms with Crippen molar-refractivity contribution in [3.05, 3.63) is 0 Å². The van der Waals surface area contributed by atoms with Gasteiger partial charge in [0.25, 0.3) is 0 Å². The van der Waals surface area contributed by atoms with Crippen molar-refractivity contribution in [1.29, 1.82) is 5.26 Å². The van der Waals surface area contributed by atoms with Crippen molar-refractivity contribution in [2.24, 2.45) is 0 Å². The normalized spacial score (nSPS) is 32.2. The van der Waals surface area contributed by atoms with Gasteiger partial charge in [-0.25, -0.2) is 8.42 Å². The van der Waals surface area contributed by atoms with Gasteiger partial charge in [0.05, 0.1) is 11.3 Å². The van der Waals surface area contributed by atoms with E-state index in [2.05, 4.69) is 11.4 Å². The smallest absolute Gasteiger partial charge is 0.153 e. The Morgan fingerprint density at radius 1 is 1.62 bits per heavy atom. The highest BCUT2D eigenvalue weighted by Gasteiger charge is 2.49. The van der Waals surface area contributed by atoms with Crippen LogP contribution < -0.4 is 5.32 Å². The molecule has 0 saturated heterocycles. The summed E-state index contributed by atoms with van der Waals surface area (Å²) >= 11 is 0. The summed E-state index contributed by atoms with van der Waals surface area (Å²) in [6.07, 6.45) is 4.14. The number of nitrogens with one attached hydrogen (secondary N) is 1.